The number of benzene rings is 2. The molecule has 0 N–H and O–H groups in total. The Kier molecular flexibility index (Phi) is 6.26. The molecule has 7 nitrogen and oxygen atoms in total. The molecule has 0 aliphatic rings. The van der Waals surface area contributed by atoms with Gasteiger partial charge in [0.15, 0.2) is 5.82 Å². The van der Waals surface area contributed by atoms with Gasteiger partial charge in [-0.2, -0.15) is 4.98 Å². The van der Waals surface area contributed by atoms with E-state index in [1.165, 1.54) is 0 Å². The monoisotopic (exact) mass is 382 g/mol. The number of fused-ring (bicyclic) bond motifs is 1. The average molecular weight is 382 g/mol. The van der Waals surface area contributed by atoms with Crippen LogP contribution in [0, 0.1) is 0 Å². The van der Waals surface area contributed by atoms with Crippen LogP contribution in [0.5, 0.6) is 5.75 Å². The third-order valence-corrected chi connectivity index (χ3v) is 4.59. The highest BCUT2D eigenvalue weighted by molar-refractivity contribution is 5.84. The van der Waals surface area contributed by atoms with Crippen molar-refractivity contribution >= 4 is 16.7 Å². The second-order valence-electron chi connectivity index (χ2n) is 6.93. The summed E-state index contributed by atoms with van der Waals surface area (Å²) in [6.45, 7) is 3.25. The molecule has 1 aromatic heterocycles. The quantitative estimate of drug-likeness (QED) is 0.597. The fraction of sp³-hybridized carbons (Fsp3) is 0.381. The molecule has 0 aliphatic heterocycles. The van der Waals surface area contributed by atoms with E-state index in [1.807, 2.05) is 50.2 Å². The van der Waals surface area contributed by atoms with Crippen LogP contribution in [-0.2, 0) is 24.3 Å². The first-order valence-electron chi connectivity index (χ1n) is 9.29. The van der Waals surface area contributed by atoms with Gasteiger partial charge in [-0.3, -0.25) is 9.69 Å². The minimum Gasteiger partial charge on any atom is -0.497 e. The predicted molar refractivity (Wildman–Crippen MR) is 107 cm³/mol. The van der Waals surface area contributed by atoms with Crippen molar-refractivity contribution in [2.24, 2.45) is 0 Å². The summed E-state index contributed by atoms with van der Waals surface area (Å²) in [6, 6.07) is 12.2. The van der Waals surface area contributed by atoms with Gasteiger partial charge in [-0.15, -0.1) is 0 Å². The molecule has 0 aliphatic carbocycles. The molecule has 1 amide bonds. The van der Waals surface area contributed by atoms with Crippen LogP contribution in [0.3, 0.4) is 0 Å². The van der Waals surface area contributed by atoms with Crippen molar-refractivity contribution in [3.05, 3.63) is 53.7 Å². The second kappa shape index (κ2) is 8.84. The molecule has 3 aromatic rings. The molecule has 148 valence electrons. The summed E-state index contributed by atoms with van der Waals surface area (Å²) in [4.78, 5) is 20.4. The van der Waals surface area contributed by atoms with Gasteiger partial charge in [0.2, 0.25) is 11.8 Å². The van der Waals surface area contributed by atoms with Gasteiger partial charge in [-0.1, -0.05) is 30.3 Å². The molecular formula is C21H26N4O3. The van der Waals surface area contributed by atoms with Crippen LogP contribution in [0.1, 0.15) is 24.2 Å². The van der Waals surface area contributed by atoms with Crippen LogP contribution >= 0.6 is 0 Å². The molecule has 0 atom stereocenters. The lowest BCUT2D eigenvalue weighted by atomic mass is 10.1. The summed E-state index contributed by atoms with van der Waals surface area (Å²) >= 11 is 0. The number of aryl methyl sites for hydroxylation is 1. The zero-order valence-electron chi connectivity index (χ0n) is 16.8. The first-order chi connectivity index (χ1) is 13.5. The molecule has 0 radical (unpaired) electrons. The first kappa shape index (κ1) is 19.8. The molecule has 1 heterocycles. The van der Waals surface area contributed by atoms with Crippen LogP contribution in [0.2, 0.25) is 0 Å². The van der Waals surface area contributed by atoms with Crippen LogP contribution in [0.25, 0.3) is 10.8 Å². The summed E-state index contributed by atoms with van der Waals surface area (Å²) in [6.07, 6.45) is 0.730. The van der Waals surface area contributed by atoms with Gasteiger partial charge in [0, 0.05) is 20.0 Å². The Morgan fingerprint density at radius 3 is 2.57 bits per heavy atom. The van der Waals surface area contributed by atoms with E-state index in [2.05, 4.69) is 22.3 Å². The number of methoxy groups -OCH3 is 1. The number of carbonyl (C=O) groups is 1. The number of rotatable bonds is 8. The second-order valence-corrected chi connectivity index (χ2v) is 6.93. The molecule has 7 heteroatoms. The highest BCUT2D eigenvalue weighted by Gasteiger charge is 2.15. The SMILES string of the molecule is CCc1noc(CN(C)CC(=O)N(C)Cc2ccc3cc(OC)ccc3c2)n1. The van der Waals surface area contributed by atoms with E-state index in [9.17, 15) is 4.79 Å². The molecule has 28 heavy (non-hydrogen) atoms. The summed E-state index contributed by atoms with van der Waals surface area (Å²) in [7, 11) is 5.34. The van der Waals surface area contributed by atoms with Crippen molar-refractivity contribution in [1.29, 1.82) is 0 Å². The molecule has 0 spiro atoms. The maximum atomic E-state index is 12.6. The van der Waals surface area contributed by atoms with Gasteiger partial charge >= 0.3 is 0 Å². The van der Waals surface area contributed by atoms with Gasteiger partial charge in [0.05, 0.1) is 20.2 Å². The van der Waals surface area contributed by atoms with Crippen LogP contribution in [-0.4, -0.2) is 53.6 Å². The van der Waals surface area contributed by atoms with E-state index in [0.29, 0.717) is 24.8 Å². The first-order valence-corrected chi connectivity index (χ1v) is 9.29. The summed E-state index contributed by atoms with van der Waals surface area (Å²) in [5, 5.41) is 6.12. The third-order valence-electron chi connectivity index (χ3n) is 4.59. The fourth-order valence-electron chi connectivity index (χ4n) is 3.00. The van der Waals surface area contributed by atoms with Gasteiger partial charge < -0.3 is 14.2 Å². The van der Waals surface area contributed by atoms with Crippen molar-refractivity contribution in [2.75, 3.05) is 27.7 Å². The number of amides is 1. The number of likely N-dealkylation sites (N-methyl/N-ethyl adjacent to an activating group) is 2. The van der Waals surface area contributed by atoms with E-state index < -0.39 is 0 Å². The smallest absolute Gasteiger partial charge is 0.240 e. The van der Waals surface area contributed by atoms with Crippen molar-refractivity contribution < 1.29 is 14.1 Å². The van der Waals surface area contributed by atoms with Crippen molar-refractivity contribution in [2.45, 2.75) is 26.4 Å². The summed E-state index contributed by atoms with van der Waals surface area (Å²) in [5.74, 6) is 2.08. The molecule has 0 saturated carbocycles. The number of ether oxygens (including phenoxy) is 1. The van der Waals surface area contributed by atoms with E-state index >= 15 is 0 Å². The van der Waals surface area contributed by atoms with Crippen LogP contribution in [0.4, 0.5) is 0 Å². The number of hydrogen-bond donors (Lipinski definition) is 0. The Labute approximate surface area is 164 Å². The summed E-state index contributed by atoms with van der Waals surface area (Å²) < 4.78 is 10.4. The Hall–Kier alpha value is -2.93. The Bertz CT molecular complexity index is 954. The molecular weight excluding hydrogens is 356 g/mol. The molecule has 0 saturated heterocycles. The molecule has 0 fully saturated rings. The minimum atomic E-state index is 0.0348. The Balaban J connectivity index is 1.57. The average Bonchev–Trinajstić information content (AvgIpc) is 3.14. The van der Waals surface area contributed by atoms with E-state index in [-0.39, 0.29) is 12.5 Å². The molecule has 0 unspecified atom stereocenters. The lowest BCUT2D eigenvalue weighted by Crippen LogP contribution is -2.36. The number of hydrogen-bond acceptors (Lipinski definition) is 6. The van der Waals surface area contributed by atoms with Gasteiger partial charge in [-0.05, 0) is 41.6 Å². The maximum absolute atomic E-state index is 12.6. The zero-order valence-corrected chi connectivity index (χ0v) is 16.8. The predicted octanol–water partition coefficient (Wildman–Crippen LogP) is 2.88. The van der Waals surface area contributed by atoms with Crippen molar-refractivity contribution in [3.8, 4) is 5.75 Å². The largest absolute Gasteiger partial charge is 0.497 e. The van der Waals surface area contributed by atoms with Crippen molar-refractivity contribution in [3.63, 3.8) is 0 Å². The van der Waals surface area contributed by atoms with E-state index in [0.717, 1.165) is 28.5 Å². The van der Waals surface area contributed by atoms with Gasteiger partial charge in [0.1, 0.15) is 5.75 Å². The Morgan fingerprint density at radius 2 is 1.86 bits per heavy atom. The Morgan fingerprint density at radius 1 is 1.11 bits per heavy atom. The number of nitrogens with zero attached hydrogens (tertiary/aromatic N) is 4. The molecule has 0 bridgehead atoms. The maximum Gasteiger partial charge on any atom is 0.240 e. The van der Waals surface area contributed by atoms with Gasteiger partial charge in [-0.25, -0.2) is 0 Å². The number of carbonyl (C=O) groups excluding carboxylic acids is 1. The highest BCUT2D eigenvalue weighted by atomic mass is 16.5. The summed E-state index contributed by atoms with van der Waals surface area (Å²) in [5.41, 5.74) is 1.08. The number of aromatic nitrogens is 2. The van der Waals surface area contributed by atoms with E-state index in [1.54, 1.807) is 12.0 Å². The normalized spacial score (nSPS) is 11.2. The topological polar surface area (TPSA) is 71.7 Å². The van der Waals surface area contributed by atoms with Crippen molar-refractivity contribution in [1.82, 2.24) is 19.9 Å². The molecule has 2 aromatic carbocycles. The van der Waals surface area contributed by atoms with Crippen LogP contribution in [0.15, 0.2) is 40.9 Å². The van der Waals surface area contributed by atoms with Crippen LogP contribution < -0.4 is 4.74 Å². The molecule has 3 rings (SSSR count). The lowest BCUT2D eigenvalue weighted by Gasteiger charge is -2.21. The lowest BCUT2D eigenvalue weighted by molar-refractivity contribution is -0.131. The van der Waals surface area contributed by atoms with Gasteiger partial charge in [0.25, 0.3) is 0 Å². The highest BCUT2D eigenvalue weighted by Crippen LogP contribution is 2.22. The zero-order chi connectivity index (χ0) is 20.1. The third kappa shape index (κ3) is 4.86. The minimum absolute atomic E-state index is 0.0348. The standard InChI is InChI=1S/C21H26N4O3/c1-5-19-22-20(28-23-19)13-24(2)14-21(26)25(3)12-15-6-7-17-11-18(27-4)9-8-16(17)10-15/h6-11H,5,12-14H2,1-4H3. The van der Waals surface area contributed by atoms with E-state index in [4.69, 9.17) is 9.26 Å². The fourth-order valence-corrected chi connectivity index (χ4v) is 3.00.